The van der Waals surface area contributed by atoms with E-state index in [1.807, 2.05) is 13.0 Å². The number of morpholine rings is 1. The molecule has 1 saturated heterocycles. The van der Waals surface area contributed by atoms with Crippen LogP contribution < -0.4 is 10.2 Å². The summed E-state index contributed by atoms with van der Waals surface area (Å²) in [5.41, 5.74) is 3.64. The first-order valence-corrected chi connectivity index (χ1v) is 10.7. The summed E-state index contributed by atoms with van der Waals surface area (Å²) < 4.78 is 40.3. The number of amidine groups is 1. The third-order valence-electron chi connectivity index (χ3n) is 5.85. The van der Waals surface area contributed by atoms with Gasteiger partial charge in [-0.1, -0.05) is 6.07 Å². The molecule has 1 aromatic carbocycles. The van der Waals surface area contributed by atoms with Crippen LogP contribution in [0.5, 0.6) is 0 Å². The maximum Gasteiger partial charge on any atom is 0.144 e. The van der Waals surface area contributed by atoms with Gasteiger partial charge in [-0.15, -0.1) is 0 Å². The van der Waals surface area contributed by atoms with Gasteiger partial charge < -0.3 is 19.7 Å². The van der Waals surface area contributed by atoms with Crippen LogP contribution in [0.25, 0.3) is 11.3 Å². The second kappa shape index (κ2) is 8.53. The highest BCUT2D eigenvalue weighted by molar-refractivity contribution is 6.14. The number of nitrogens with one attached hydrogen (secondary N) is 2. The highest BCUT2D eigenvalue weighted by atomic mass is 19.1. The van der Waals surface area contributed by atoms with E-state index in [4.69, 9.17) is 14.5 Å². The molecule has 0 bridgehead atoms. The van der Waals surface area contributed by atoms with Crippen LogP contribution in [0, 0.1) is 25.5 Å². The molecule has 10 heteroatoms. The summed E-state index contributed by atoms with van der Waals surface area (Å²) in [6.45, 7) is 6.05. The summed E-state index contributed by atoms with van der Waals surface area (Å²) in [7, 11) is 1.65. The van der Waals surface area contributed by atoms with Crippen molar-refractivity contribution >= 4 is 23.0 Å². The summed E-state index contributed by atoms with van der Waals surface area (Å²) in [6.07, 6.45) is -0.0493. The number of halogens is 2. The van der Waals surface area contributed by atoms with E-state index in [0.29, 0.717) is 54.8 Å². The van der Waals surface area contributed by atoms with Crippen molar-refractivity contribution in [1.82, 2.24) is 15.2 Å². The summed E-state index contributed by atoms with van der Waals surface area (Å²) in [4.78, 5) is 11.5. The Labute approximate surface area is 189 Å². The lowest BCUT2D eigenvalue weighted by Gasteiger charge is -2.34. The van der Waals surface area contributed by atoms with Gasteiger partial charge >= 0.3 is 0 Å². The zero-order valence-corrected chi connectivity index (χ0v) is 18.6. The molecule has 0 amide bonds. The molecule has 8 nitrogen and oxygen atoms in total. The molecule has 3 aromatic rings. The van der Waals surface area contributed by atoms with Crippen molar-refractivity contribution in [2.24, 2.45) is 4.99 Å². The zero-order chi connectivity index (χ0) is 23.1. The van der Waals surface area contributed by atoms with Crippen molar-refractivity contribution in [3.05, 3.63) is 52.9 Å². The van der Waals surface area contributed by atoms with Gasteiger partial charge in [0.05, 0.1) is 47.7 Å². The molecule has 0 aliphatic carbocycles. The van der Waals surface area contributed by atoms with Crippen molar-refractivity contribution in [3.8, 4) is 11.3 Å². The third-order valence-corrected chi connectivity index (χ3v) is 5.85. The SMILES string of the molecule is COC[C@@H]1CN(c2cc3c(c(C)n2)NC(c2c(F)cccc2F)=Nc2c(C)n[nH]c2-3)CCO1. The standard InChI is InChI=1S/C23H24F2N6O2/c1-12-20-15(9-18(26-12)31-7-8-33-14(10-31)11-32-3)22-21(13(2)29-30-22)28-23(27-20)19-16(24)5-4-6-17(19)25/h4-6,9,14H,7-8,10-11H2,1-3H3,(H,27,28)(H,29,30)/t14-/m0/s1. The third kappa shape index (κ3) is 3.85. The van der Waals surface area contributed by atoms with E-state index in [9.17, 15) is 8.78 Å². The number of pyridine rings is 1. The van der Waals surface area contributed by atoms with Crippen molar-refractivity contribution in [2.45, 2.75) is 20.0 Å². The molecule has 172 valence electrons. The summed E-state index contributed by atoms with van der Waals surface area (Å²) >= 11 is 0. The molecule has 2 aliphatic rings. The molecular formula is C23H24F2N6O2. The molecule has 1 atom stereocenters. The van der Waals surface area contributed by atoms with E-state index in [-0.39, 0.29) is 17.5 Å². The molecule has 2 N–H and O–H groups in total. The monoisotopic (exact) mass is 454 g/mol. The van der Waals surface area contributed by atoms with E-state index in [2.05, 4.69) is 25.4 Å². The lowest BCUT2D eigenvalue weighted by Crippen LogP contribution is -2.44. The Bertz CT molecular complexity index is 1220. The minimum absolute atomic E-state index is 0.0493. The van der Waals surface area contributed by atoms with Crippen LogP contribution >= 0.6 is 0 Å². The van der Waals surface area contributed by atoms with E-state index in [0.717, 1.165) is 11.4 Å². The number of benzene rings is 1. The Kier molecular flexibility index (Phi) is 5.55. The number of aliphatic imine (C=N–C) groups is 1. The normalized spacial score (nSPS) is 17.7. The second-order valence-corrected chi connectivity index (χ2v) is 8.10. The Hall–Kier alpha value is -3.37. The Morgan fingerprint density at radius 3 is 2.76 bits per heavy atom. The molecule has 4 heterocycles. The molecule has 1 fully saturated rings. The zero-order valence-electron chi connectivity index (χ0n) is 18.6. The number of rotatable bonds is 4. The molecule has 0 radical (unpaired) electrons. The molecule has 0 saturated carbocycles. The number of hydrogen-bond donors (Lipinski definition) is 2. The molecular weight excluding hydrogens is 430 g/mol. The largest absolute Gasteiger partial charge is 0.382 e. The maximum atomic E-state index is 14.6. The van der Waals surface area contributed by atoms with Gasteiger partial charge in [0.1, 0.15) is 29.0 Å². The molecule has 0 spiro atoms. The molecule has 2 aromatic heterocycles. The van der Waals surface area contributed by atoms with Gasteiger partial charge in [-0.3, -0.25) is 5.10 Å². The first kappa shape index (κ1) is 21.5. The first-order valence-electron chi connectivity index (χ1n) is 10.7. The highest BCUT2D eigenvalue weighted by Gasteiger charge is 2.28. The average molecular weight is 454 g/mol. The number of anilines is 2. The van der Waals surface area contributed by atoms with Crippen molar-refractivity contribution in [3.63, 3.8) is 0 Å². The fourth-order valence-corrected chi connectivity index (χ4v) is 4.24. The van der Waals surface area contributed by atoms with Gasteiger partial charge in [-0.2, -0.15) is 5.10 Å². The Morgan fingerprint density at radius 1 is 1.21 bits per heavy atom. The number of hydrogen-bond acceptors (Lipinski definition) is 7. The van der Waals surface area contributed by atoms with Gasteiger partial charge in [0.2, 0.25) is 0 Å². The minimum atomic E-state index is -0.702. The van der Waals surface area contributed by atoms with E-state index in [1.165, 1.54) is 18.2 Å². The topological polar surface area (TPSA) is 87.7 Å². The van der Waals surface area contributed by atoms with Crippen molar-refractivity contribution < 1.29 is 18.3 Å². The average Bonchev–Trinajstić information content (AvgIpc) is 3.05. The summed E-state index contributed by atoms with van der Waals surface area (Å²) in [6, 6.07) is 5.69. The van der Waals surface area contributed by atoms with Crippen LogP contribution in [0.15, 0.2) is 29.3 Å². The second-order valence-electron chi connectivity index (χ2n) is 8.10. The summed E-state index contributed by atoms with van der Waals surface area (Å²) in [5, 5.41) is 10.5. The molecule has 2 aliphatic heterocycles. The maximum absolute atomic E-state index is 14.6. The van der Waals surface area contributed by atoms with Crippen molar-refractivity contribution in [1.29, 1.82) is 0 Å². The van der Waals surface area contributed by atoms with Gasteiger partial charge in [0.15, 0.2) is 0 Å². The number of fused-ring (bicyclic) bond motifs is 3. The molecule has 33 heavy (non-hydrogen) atoms. The Balaban J connectivity index is 1.62. The lowest BCUT2D eigenvalue weighted by atomic mass is 10.1. The van der Waals surface area contributed by atoms with Crippen LogP contribution in [0.1, 0.15) is 17.0 Å². The number of aromatic amines is 1. The van der Waals surface area contributed by atoms with Gasteiger partial charge in [-0.25, -0.2) is 18.8 Å². The predicted molar refractivity (Wildman–Crippen MR) is 121 cm³/mol. The number of methoxy groups -OCH3 is 1. The van der Waals surface area contributed by atoms with E-state index < -0.39 is 11.6 Å². The van der Waals surface area contributed by atoms with Gasteiger partial charge in [0.25, 0.3) is 0 Å². The first-order chi connectivity index (χ1) is 16.0. The minimum Gasteiger partial charge on any atom is -0.382 e. The van der Waals surface area contributed by atoms with Crippen molar-refractivity contribution in [2.75, 3.05) is 43.6 Å². The lowest BCUT2D eigenvalue weighted by molar-refractivity contribution is -0.0102. The van der Waals surface area contributed by atoms with Crippen LogP contribution in [-0.4, -0.2) is 60.5 Å². The van der Waals surface area contributed by atoms with E-state index in [1.54, 1.807) is 14.0 Å². The molecule has 0 unspecified atom stereocenters. The number of aryl methyl sites for hydroxylation is 2. The number of nitrogens with zero attached hydrogens (tertiary/aromatic N) is 4. The van der Waals surface area contributed by atoms with Crippen LogP contribution in [-0.2, 0) is 9.47 Å². The quantitative estimate of drug-likeness (QED) is 0.625. The van der Waals surface area contributed by atoms with Crippen LogP contribution in [0.3, 0.4) is 0 Å². The van der Waals surface area contributed by atoms with E-state index >= 15 is 0 Å². The number of ether oxygens (including phenoxy) is 2. The fraction of sp³-hybridized carbons (Fsp3) is 0.348. The summed E-state index contributed by atoms with van der Waals surface area (Å²) in [5.74, 6) is -0.560. The van der Waals surface area contributed by atoms with Gasteiger partial charge in [-0.05, 0) is 32.0 Å². The van der Waals surface area contributed by atoms with Crippen LogP contribution in [0.4, 0.5) is 26.0 Å². The fourth-order valence-electron chi connectivity index (χ4n) is 4.24. The predicted octanol–water partition coefficient (Wildman–Crippen LogP) is 3.72. The molecule has 5 rings (SSSR count). The smallest absolute Gasteiger partial charge is 0.144 e. The van der Waals surface area contributed by atoms with Gasteiger partial charge in [0, 0.05) is 25.8 Å². The number of aromatic nitrogens is 3. The Morgan fingerprint density at radius 2 is 2.00 bits per heavy atom. The van der Waals surface area contributed by atoms with Crippen LogP contribution in [0.2, 0.25) is 0 Å². The number of H-pyrrole nitrogens is 1. The highest BCUT2D eigenvalue weighted by Crippen LogP contribution is 2.41.